The molecule has 0 unspecified atom stereocenters. The maximum absolute atomic E-state index is 12.2. The molecule has 28 heavy (non-hydrogen) atoms. The molecule has 0 radical (unpaired) electrons. The van der Waals surface area contributed by atoms with Crippen LogP contribution in [0, 0.1) is 0 Å². The van der Waals surface area contributed by atoms with E-state index in [1.807, 2.05) is 36.5 Å². The zero-order valence-electron chi connectivity index (χ0n) is 16.2. The summed E-state index contributed by atoms with van der Waals surface area (Å²) in [5, 5.41) is 0. The number of ether oxygens (including phenoxy) is 2. The van der Waals surface area contributed by atoms with E-state index in [2.05, 4.69) is 46.9 Å². The highest BCUT2D eigenvalue weighted by molar-refractivity contribution is 9.10. The minimum absolute atomic E-state index is 0.0221. The zero-order chi connectivity index (χ0) is 19.9. The largest absolute Gasteiger partial charge is 0.483 e. The van der Waals surface area contributed by atoms with Gasteiger partial charge >= 0.3 is 0 Å². The molecular formula is C22H25BrN2O3. The smallest absolute Gasteiger partial charge is 0.260 e. The first-order chi connectivity index (χ1) is 13.5. The molecule has 1 amide bonds. The van der Waals surface area contributed by atoms with Crippen LogP contribution in [0.1, 0.15) is 30.9 Å². The lowest BCUT2D eigenvalue weighted by Crippen LogP contribution is -2.43. The fourth-order valence-electron chi connectivity index (χ4n) is 2.85. The summed E-state index contributed by atoms with van der Waals surface area (Å²) in [6, 6.07) is 14.0. The molecular weight excluding hydrogens is 420 g/mol. The van der Waals surface area contributed by atoms with Gasteiger partial charge in [0.15, 0.2) is 6.61 Å². The summed E-state index contributed by atoms with van der Waals surface area (Å²) in [6.45, 7) is 6.79. The number of nitrogens with zero attached hydrogens (tertiary/aromatic N) is 2. The maximum atomic E-state index is 12.2. The van der Waals surface area contributed by atoms with Gasteiger partial charge in [-0.15, -0.1) is 0 Å². The number of aliphatic imine (C=N–C) groups is 1. The fraction of sp³-hybridized carbons (Fsp3) is 0.364. The Morgan fingerprint density at radius 3 is 2.57 bits per heavy atom. The van der Waals surface area contributed by atoms with E-state index in [1.54, 1.807) is 4.90 Å². The molecule has 0 saturated carbocycles. The van der Waals surface area contributed by atoms with Gasteiger partial charge in [0, 0.05) is 19.3 Å². The monoisotopic (exact) mass is 444 g/mol. The van der Waals surface area contributed by atoms with E-state index in [1.165, 1.54) is 5.56 Å². The third-order valence-corrected chi connectivity index (χ3v) is 5.21. The second kappa shape index (κ2) is 9.85. The molecule has 148 valence electrons. The SMILES string of the molecule is CC(C)c1ccc(N=Cc2ccc(OCC(=O)N3CCOCC3)c(Br)c2)cc1. The number of benzene rings is 2. The standard InChI is InChI=1S/C22H25BrN2O3/c1-16(2)18-4-6-19(7-5-18)24-14-17-3-8-21(20(23)13-17)28-15-22(26)25-9-11-27-12-10-25/h3-8,13-14,16H,9-12,15H2,1-2H3. The molecule has 1 fully saturated rings. The van der Waals surface area contributed by atoms with Crippen molar-refractivity contribution in [3.8, 4) is 5.75 Å². The summed E-state index contributed by atoms with van der Waals surface area (Å²) < 4.78 is 11.7. The first-order valence-electron chi connectivity index (χ1n) is 9.45. The highest BCUT2D eigenvalue weighted by Crippen LogP contribution is 2.26. The molecule has 6 heteroatoms. The van der Waals surface area contributed by atoms with Crippen molar-refractivity contribution in [1.82, 2.24) is 4.90 Å². The van der Waals surface area contributed by atoms with Gasteiger partial charge in [0.2, 0.25) is 0 Å². The molecule has 1 aliphatic heterocycles. The lowest BCUT2D eigenvalue weighted by molar-refractivity contribution is -0.137. The second-order valence-electron chi connectivity index (χ2n) is 6.98. The van der Waals surface area contributed by atoms with Crippen molar-refractivity contribution in [3.05, 3.63) is 58.1 Å². The van der Waals surface area contributed by atoms with Crippen LogP contribution in [0.15, 0.2) is 51.9 Å². The summed E-state index contributed by atoms with van der Waals surface area (Å²) in [5.41, 5.74) is 3.17. The molecule has 1 aliphatic rings. The van der Waals surface area contributed by atoms with Crippen LogP contribution in [-0.4, -0.2) is 49.9 Å². The minimum atomic E-state index is -0.0225. The van der Waals surface area contributed by atoms with Gasteiger partial charge in [-0.05, 0) is 63.3 Å². The van der Waals surface area contributed by atoms with Gasteiger partial charge in [0.25, 0.3) is 5.91 Å². The van der Waals surface area contributed by atoms with Gasteiger partial charge in [-0.1, -0.05) is 26.0 Å². The Morgan fingerprint density at radius 1 is 1.21 bits per heavy atom. The molecule has 1 heterocycles. The highest BCUT2D eigenvalue weighted by Gasteiger charge is 2.17. The Hall–Kier alpha value is -2.18. The van der Waals surface area contributed by atoms with Crippen molar-refractivity contribution in [1.29, 1.82) is 0 Å². The van der Waals surface area contributed by atoms with Crippen molar-refractivity contribution in [2.75, 3.05) is 32.9 Å². The molecule has 0 N–H and O–H groups in total. The molecule has 1 saturated heterocycles. The summed E-state index contributed by atoms with van der Waals surface area (Å²) in [5.74, 6) is 1.13. The van der Waals surface area contributed by atoms with E-state index in [9.17, 15) is 4.79 Å². The van der Waals surface area contributed by atoms with Crippen LogP contribution in [0.4, 0.5) is 5.69 Å². The van der Waals surface area contributed by atoms with Crippen LogP contribution in [0.2, 0.25) is 0 Å². The lowest BCUT2D eigenvalue weighted by Gasteiger charge is -2.26. The molecule has 0 bridgehead atoms. The first kappa shape index (κ1) is 20.6. The third-order valence-electron chi connectivity index (χ3n) is 4.59. The summed E-state index contributed by atoms with van der Waals surface area (Å²) in [6.07, 6.45) is 1.82. The van der Waals surface area contributed by atoms with Gasteiger partial charge in [0.1, 0.15) is 5.75 Å². The van der Waals surface area contributed by atoms with E-state index in [0.717, 1.165) is 15.7 Å². The fourth-order valence-corrected chi connectivity index (χ4v) is 3.36. The van der Waals surface area contributed by atoms with Crippen LogP contribution >= 0.6 is 15.9 Å². The molecule has 0 aromatic heterocycles. The molecule has 0 spiro atoms. The molecule has 5 nitrogen and oxygen atoms in total. The predicted octanol–water partition coefficient (Wildman–Crippen LogP) is 4.56. The molecule has 0 aliphatic carbocycles. The Kier molecular flexibility index (Phi) is 7.23. The van der Waals surface area contributed by atoms with Crippen LogP contribution < -0.4 is 4.74 Å². The van der Waals surface area contributed by atoms with E-state index in [4.69, 9.17) is 9.47 Å². The normalized spacial score (nSPS) is 14.6. The van der Waals surface area contributed by atoms with E-state index >= 15 is 0 Å². The molecule has 3 rings (SSSR count). The van der Waals surface area contributed by atoms with E-state index < -0.39 is 0 Å². The number of carbonyl (C=O) groups excluding carboxylic acids is 1. The second-order valence-corrected chi connectivity index (χ2v) is 7.83. The number of hydrogen-bond donors (Lipinski definition) is 0. The molecule has 0 atom stereocenters. The number of carbonyl (C=O) groups is 1. The third kappa shape index (κ3) is 5.66. The Balaban J connectivity index is 1.57. The van der Waals surface area contributed by atoms with Gasteiger partial charge in [-0.3, -0.25) is 9.79 Å². The number of amides is 1. The van der Waals surface area contributed by atoms with E-state index in [0.29, 0.717) is 38.0 Å². The average Bonchev–Trinajstić information content (AvgIpc) is 2.72. The first-order valence-corrected chi connectivity index (χ1v) is 10.2. The number of rotatable bonds is 6. The number of morpholine rings is 1. The van der Waals surface area contributed by atoms with E-state index in [-0.39, 0.29) is 12.5 Å². The van der Waals surface area contributed by atoms with Crippen molar-refractivity contribution >= 4 is 33.7 Å². The van der Waals surface area contributed by atoms with Gasteiger partial charge in [-0.2, -0.15) is 0 Å². The summed E-state index contributed by atoms with van der Waals surface area (Å²) in [4.78, 5) is 18.5. The summed E-state index contributed by atoms with van der Waals surface area (Å²) in [7, 11) is 0. The minimum Gasteiger partial charge on any atom is -0.483 e. The van der Waals surface area contributed by atoms with Crippen molar-refractivity contribution in [2.24, 2.45) is 4.99 Å². The zero-order valence-corrected chi connectivity index (χ0v) is 17.8. The van der Waals surface area contributed by atoms with Crippen molar-refractivity contribution in [2.45, 2.75) is 19.8 Å². The lowest BCUT2D eigenvalue weighted by atomic mass is 10.0. The topological polar surface area (TPSA) is 51.1 Å². The van der Waals surface area contributed by atoms with Crippen LogP contribution in [0.3, 0.4) is 0 Å². The van der Waals surface area contributed by atoms with Crippen LogP contribution in [-0.2, 0) is 9.53 Å². The quantitative estimate of drug-likeness (QED) is 0.613. The highest BCUT2D eigenvalue weighted by atomic mass is 79.9. The van der Waals surface area contributed by atoms with Crippen molar-refractivity contribution in [3.63, 3.8) is 0 Å². The van der Waals surface area contributed by atoms with Crippen LogP contribution in [0.5, 0.6) is 5.75 Å². The van der Waals surface area contributed by atoms with Crippen LogP contribution in [0.25, 0.3) is 0 Å². The van der Waals surface area contributed by atoms with Crippen molar-refractivity contribution < 1.29 is 14.3 Å². The van der Waals surface area contributed by atoms with Gasteiger partial charge < -0.3 is 14.4 Å². The summed E-state index contributed by atoms with van der Waals surface area (Å²) >= 11 is 3.51. The predicted molar refractivity (Wildman–Crippen MR) is 115 cm³/mol. The Morgan fingerprint density at radius 2 is 1.93 bits per heavy atom. The maximum Gasteiger partial charge on any atom is 0.260 e. The Labute approximate surface area is 174 Å². The average molecular weight is 445 g/mol. The van der Waals surface area contributed by atoms with Gasteiger partial charge in [0.05, 0.1) is 23.4 Å². The number of halogens is 1. The Bertz CT molecular complexity index is 828. The van der Waals surface area contributed by atoms with Gasteiger partial charge in [-0.25, -0.2) is 0 Å². The molecule has 2 aromatic carbocycles. The molecule has 2 aromatic rings. The number of hydrogen-bond acceptors (Lipinski definition) is 4.